The van der Waals surface area contributed by atoms with Crippen LogP contribution in [0.4, 0.5) is 0 Å². The summed E-state index contributed by atoms with van der Waals surface area (Å²) in [5.41, 5.74) is 8.74. The van der Waals surface area contributed by atoms with Gasteiger partial charge in [-0.2, -0.15) is 0 Å². The monoisotopic (exact) mass is 692 g/mol. The number of fused-ring (bicyclic) bond motifs is 13. The van der Waals surface area contributed by atoms with Crippen molar-refractivity contribution in [3.63, 3.8) is 0 Å². The molecule has 0 bridgehead atoms. The van der Waals surface area contributed by atoms with E-state index in [0.717, 1.165) is 33.2 Å². The van der Waals surface area contributed by atoms with Crippen LogP contribution in [0.5, 0.6) is 0 Å². The number of thiophene rings is 1. The van der Waals surface area contributed by atoms with Gasteiger partial charge in [0.15, 0.2) is 0 Å². The standard InChI is InChI=1S/C48H28N4S/c1-2-14-30(15-3-1)45-36-20-6-9-21-37(36)49-48(50-45)52-40-23-11-8-19-33(40)35-26-28-42-44(47(35)52)43-41(53-42)27-25-34-32-18-7-10-22-39(32)51(46(34)43)38-24-12-16-29-13-4-5-17-31(29)38/h1-28H. The van der Waals surface area contributed by atoms with Crippen LogP contribution in [0.3, 0.4) is 0 Å². The van der Waals surface area contributed by atoms with E-state index in [-0.39, 0.29) is 0 Å². The number of para-hydroxylation sites is 3. The third-order valence-electron chi connectivity index (χ3n) is 10.9. The Bertz CT molecular complexity index is 3450. The van der Waals surface area contributed by atoms with Gasteiger partial charge in [0, 0.05) is 58.1 Å². The summed E-state index contributed by atoms with van der Waals surface area (Å²) in [5.74, 6) is 0.669. The summed E-state index contributed by atoms with van der Waals surface area (Å²) in [4.78, 5) is 10.8. The van der Waals surface area contributed by atoms with E-state index < -0.39 is 0 Å². The van der Waals surface area contributed by atoms with Crippen molar-refractivity contribution in [2.24, 2.45) is 0 Å². The van der Waals surface area contributed by atoms with E-state index in [1.807, 2.05) is 11.3 Å². The molecule has 0 amide bonds. The highest BCUT2D eigenvalue weighted by Crippen LogP contribution is 2.48. The number of nitrogens with zero attached hydrogens (tertiary/aromatic N) is 4. The van der Waals surface area contributed by atoms with Gasteiger partial charge in [0.25, 0.3) is 0 Å². The van der Waals surface area contributed by atoms with Crippen molar-refractivity contribution >= 4 is 96.8 Å². The zero-order valence-corrected chi connectivity index (χ0v) is 29.2. The van der Waals surface area contributed by atoms with E-state index in [4.69, 9.17) is 9.97 Å². The van der Waals surface area contributed by atoms with Crippen molar-refractivity contribution in [1.29, 1.82) is 0 Å². The Morgan fingerprint density at radius 3 is 1.70 bits per heavy atom. The lowest BCUT2D eigenvalue weighted by atomic mass is 10.0. The highest BCUT2D eigenvalue weighted by Gasteiger charge is 2.24. The zero-order chi connectivity index (χ0) is 34.6. The van der Waals surface area contributed by atoms with Crippen LogP contribution >= 0.6 is 11.3 Å². The number of benzene rings is 8. The molecule has 5 heteroatoms. The Balaban J connectivity index is 1.30. The highest BCUT2D eigenvalue weighted by atomic mass is 32.1. The third-order valence-corrected chi connectivity index (χ3v) is 12.0. The highest BCUT2D eigenvalue weighted by molar-refractivity contribution is 7.26. The van der Waals surface area contributed by atoms with Crippen LogP contribution in [0, 0.1) is 0 Å². The summed E-state index contributed by atoms with van der Waals surface area (Å²) in [7, 11) is 0. The molecule has 0 saturated carbocycles. The molecule has 0 saturated heterocycles. The van der Waals surface area contributed by atoms with Gasteiger partial charge >= 0.3 is 0 Å². The fourth-order valence-corrected chi connectivity index (χ4v) is 9.80. The molecule has 8 aromatic carbocycles. The lowest BCUT2D eigenvalue weighted by molar-refractivity contribution is 1.02. The van der Waals surface area contributed by atoms with Crippen molar-refractivity contribution in [2.75, 3.05) is 0 Å². The van der Waals surface area contributed by atoms with Crippen molar-refractivity contribution in [2.45, 2.75) is 0 Å². The second kappa shape index (κ2) is 10.8. The summed E-state index contributed by atoms with van der Waals surface area (Å²) in [6.07, 6.45) is 0. The lowest BCUT2D eigenvalue weighted by Crippen LogP contribution is -2.03. The van der Waals surface area contributed by atoms with Gasteiger partial charge < -0.3 is 4.57 Å². The van der Waals surface area contributed by atoms with Gasteiger partial charge in [-0.15, -0.1) is 11.3 Å². The second-order valence-corrected chi connectivity index (χ2v) is 14.8. The Labute approximate surface area is 307 Å². The predicted molar refractivity (Wildman–Crippen MR) is 224 cm³/mol. The third kappa shape index (κ3) is 4.00. The molecule has 0 radical (unpaired) electrons. The number of hydrogen-bond donors (Lipinski definition) is 0. The second-order valence-electron chi connectivity index (χ2n) is 13.7. The van der Waals surface area contributed by atoms with Gasteiger partial charge in [-0.1, -0.05) is 133 Å². The molecule has 4 aromatic heterocycles. The smallest absolute Gasteiger partial charge is 0.235 e. The molecule has 0 atom stereocenters. The van der Waals surface area contributed by atoms with Gasteiger partial charge in [-0.3, -0.25) is 4.57 Å². The number of hydrogen-bond acceptors (Lipinski definition) is 3. The number of rotatable bonds is 3. The van der Waals surface area contributed by atoms with Crippen LogP contribution in [0.25, 0.3) is 108 Å². The van der Waals surface area contributed by atoms with E-state index in [1.54, 1.807) is 0 Å². The topological polar surface area (TPSA) is 35.6 Å². The molecule has 0 aliphatic rings. The summed E-state index contributed by atoms with van der Waals surface area (Å²) in [6, 6.07) is 61.0. The molecule has 0 N–H and O–H groups in total. The summed E-state index contributed by atoms with van der Waals surface area (Å²) in [6.45, 7) is 0. The van der Waals surface area contributed by atoms with Crippen LogP contribution in [0.15, 0.2) is 170 Å². The molecule has 4 nitrogen and oxygen atoms in total. The van der Waals surface area contributed by atoms with E-state index in [1.165, 1.54) is 69.2 Å². The summed E-state index contributed by atoms with van der Waals surface area (Å²) < 4.78 is 7.32. The largest absolute Gasteiger partial charge is 0.308 e. The molecule has 246 valence electrons. The van der Waals surface area contributed by atoms with Crippen molar-refractivity contribution in [3.05, 3.63) is 170 Å². The first-order valence-corrected chi connectivity index (χ1v) is 18.7. The van der Waals surface area contributed by atoms with Gasteiger partial charge in [0.05, 0.1) is 39.0 Å². The van der Waals surface area contributed by atoms with E-state index in [9.17, 15) is 0 Å². The molecule has 0 aliphatic heterocycles. The average molecular weight is 693 g/mol. The first-order valence-electron chi connectivity index (χ1n) is 17.9. The minimum Gasteiger partial charge on any atom is -0.308 e. The van der Waals surface area contributed by atoms with Crippen LogP contribution < -0.4 is 0 Å². The van der Waals surface area contributed by atoms with Gasteiger partial charge in [-0.05, 0) is 41.8 Å². The van der Waals surface area contributed by atoms with Crippen LogP contribution in [0.1, 0.15) is 0 Å². The summed E-state index contributed by atoms with van der Waals surface area (Å²) >= 11 is 1.86. The average Bonchev–Trinajstić information content (AvgIpc) is 3.88. The van der Waals surface area contributed by atoms with E-state index >= 15 is 0 Å². The first kappa shape index (κ1) is 28.8. The van der Waals surface area contributed by atoms with Crippen molar-refractivity contribution in [3.8, 4) is 22.9 Å². The zero-order valence-electron chi connectivity index (χ0n) is 28.4. The van der Waals surface area contributed by atoms with Crippen molar-refractivity contribution in [1.82, 2.24) is 19.1 Å². The molecular formula is C48H28N4S. The molecule has 12 rings (SSSR count). The fraction of sp³-hybridized carbons (Fsp3) is 0. The maximum atomic E-state index is 5.43. The fourth-order valence-electron chi connectivity index (χ4n) is 8.69. The maximum absolute atomic E-state index is 5.43. The molecule has 53 heavy (non-hydrogen) atoms. The molecule has 0 fully saturated rings. The minimum absolute atomic E-state index is 0.669. The van der Waals surface area contributed by atoms with Crippen molar-refractivity contribution < 1.29 is 0 Å². The molecule has 0 spiro atoms. The first-order chi connectivity index (χ1) is 26.3. The summed E-state index contributed by atoms with van der Waals surface area (Å²) in [5, 5.41) is 10.8. The lowest BCUT2D eigenvalue weighted by Gasteiger charge is -2.13. The molecule has 0 aliphatic carbocycles. The Morgan fingerprint density at radius 2 is 0.962 bits per heavy atom. The Morgan fingerprint density at radius 1 is 0.396 bits per heavy atom. The molecular weight excluding hydrogens is 665 g/mol. The van der Waals surface area contributed by atoms with Gasteiger partial charge in [0.2, 0.25) is 5.95 Å². The Kier molecular flexibility index (Phi) is 5.90. The number of aromatic nitrogens is 4. The normalized spacial score (nSPS) is 12.2. The van der Waals surface area contributed by atoms with Gasteiger partial charge in [-0.25, -0.2) is 9.97 Å². The van der Waals surface area contributed by atoms with Crippen LogP contribution in [0.2, 0.25) is 0 Å². The van der Waals surface area contributed by atoms with Crippen LogP contribution in [-0.2, 0) is 0 Å². The van der Waals surface area contributed by atoms with E-state index in [2.05, 4.69) is 179 Å². The SMILES string of the molecule is c1ccc(-c2nc(-n3c4ccccc4c4ccc5sc6ccc7c8ccccc8n(-c8cccc9ccccc89)c7c6c5c43)nc3ccccc23)cc1. The quantitative estimate of drug-likeness (QED) is 0.185. The van der Waals surface area contributed by atoms with Crippen LogP contribution in [-0.4, -0.2) is 19.1 Å². The molecule has 4 heterocycles. The van der Waals surface area contributed by atoms with E-state index in [0.29, 0.717) is 5.95 Å². The maximum Gasteiger partial charge on any atom is 0.235 e. The predicted octanol–water partition coefficient (Wildman–Crippen LogP) is 13.0. The minimum atomic E-state index is 0.669. The molecule has 12 aromatic rings. The Hall–Kier alpha value is -6.82. The molecule has 0 unspecified atom stereocenters. The van der Waals surface area contributed by atoms with Gasteiger partial charge in [0.1, 0.15) is 0 Å².